The number of hydrogen-bond acceptors (Lipinski definition) is 6. The average Bonchev–Trinajstić information content (AvgIpc) is 3.01. The van der Waals surface area contributed by atoms with Gasteiger partial charge in [0.1, 0.15) is 17.4 Å². The monoisotopic (exact) mass is 755 g/mol. The molecular formula is C37H46IN3O4S. The molecule has 3 rings (SSSR count). The van der Waals surface area contributed by atoms with Gasteiger partial charge in [-0.05, 0) is 98.5 Å². The van der Waals surface area contributed by atoms with E-state index in [9.17, 15) is 9.59 Å². The molecule has 2 amide bonds. The van der Waals surface area contributed by atoms with Crippen LogP contribution in [0.4, 0.5) is 4.79 Å². The second-order valence-electron chi connectivity index (χ2n) is 12.1. The number of carbonyl (C=O) groups is 2. The van der Waals surface area contributed by atoms with Crippen LogP contribution in [0.3, 0.4) is 0 Å². The van der Waals surface area contributed by atoms with Crippen LogP contribution in [-0.2, 0) is 22.5 Å². The van der Waals surface area contributed by atoms with Crippen LogP contribution in [0.1, 0.15) is 66.0 Å². The Hall–Kier alpha value is -3.44. The Kier molecular flexibility index (Phi) is 14.1. The number of hydrogen-bond donors (Lipinski definition) is 2. The van der Waals surface area contributed by atoms with Crippen molar-refractivity contribution in [2.24, 2.45) is 0 Å². The highest BCUT2D eigenvalue weighted by molar-refractivity contribution is 14.1. The van der Waals surface area contributed by atoms with E-state index in [-0.39, 0.29) is 18.9 Å². The first-order valence-corrected chi connectivity index (χ1v) is 17.1. The summed E-state index contributed by atoms with van der Waals surface area (Å²) >= 11 is 3.47. The van der Waals surface area contributed by atoms with Crippen LogP contribution in [0, 0.1) is 0 Å². The molecule has 246 valence electrons. The maximum absolute atomic E-state index is 13.8. The average molecular weight is 756 g/mol. The van der Waals surface area contributed by atoms with Gasteiger partial charge < -0.3 is 23.3 Å². The number of allylic oxidation sites excluding steroid dienone is 3. The summed E-state index contributed by atoms with van der Waals surface area (Å²) in [7, 11) is 0. The predicted octanol–water partition coefficient (Wildman–Crippen LogP) is 9.43. The highest BCUT2D eigenvalue weighted by Gasteiger charge is 2.26. The Morgan fingerprint density at radius 1 is 1.02 bits per heavy atom. The van der Waals surface area contributed by atoms with Gasteiger partial charge in [-0.25, -0.2) is 4.79 Å². The first-order valence-electron chi connectivity index (χ1n) is 15.4. The normalized spacial score (nSPS) is 13.0. The van der Waals surface area contributed by atoms with E-state index in [0.29, 0.717) is 12.3 Å². The van der Waals surface area contributed by atoms with E-state index in [1.54, 1.807) is 32.5 Å². The molecule has 0 saturated carbocycles. The van der Waals surface area contributed by atoms with Crippen molar-refractivity contribution in [3.05, 3.63) is 112 Å². The summed E-state index contributed by atoms with van der Waals surface area (Å²) in [5.41, 5.74) is 3.48. The quantitative estimate of drug-likeness (QED) is 0.160. The smallest absolute Gasteiger partial charge is 0.408 e. The van der Waals surface area contributed by atoms with Crippen LogP contribution in [0.25, 0.3) is 10.8 Å². The van der Waals surface area contributed by atoms with Crippen molar-refractivity contribution in [2.45, 2.75) is 79.5 Å². The minimum atomic E-state index is -0.856. The molecule has 2 N–H and O–H groups in total. The van der Waals surface area contributed by atoms with Crippen LogP contribution < -0.4 is 13.7 Å². The van der Waals surface area contributed by atoms with Gasteiger partial charge in [0.15, 0.2) is 23.0 Å². The van der Waals surface area contributed by atoms with E-state index in [0.717, 1.165) is 33.2 Å². The lowest BCUT2D eigenvalue weighted by Crippen LogP contribution is -2.50. The lowest BCUT2D eigenvalue weighted by atomic mass is 10.0. The van der Waals surface area contributed by atoms with E-state index in [4.69, 9.17) is 7.80 Å². The summed E-state index contributed by atoms with van der Waals surface area (Å²) in [6.07, 6.45) is 2.54. The maximum Gasteiger partial charge on any atom is 0.408 e. The maximum atomic E-state index is 13.8. The summed E-state index contributed by atoms with van der Waals surface area (Å²) in [6, 6.07) is 21.4. The van der Waals surface area contributed by atoms with Gasteiger partial charge in [-0.3, -0.25) is 4.79 Å². The third-order valence-corrected chi connectivity index (χ3v) is 8.77. The third kappa shape index (κ3) is 11.4. The van der Waals surface area contributed by atoms with Gasteiger partial charge in [0.05, 0.1) is 11.6 Å². The molecule has 0 fully saturated rings. The lowest BCUT2D eigenvalue weighted by Gasteiger charge is -2.32. The predicted molar refractivity (Wildman–Crippen MR) is 200 cm³/mol. The number of ether oxygens (including phenoxy) is 1. The number of nitrogens with zero attached hydrogens (tertiary/aromatic N) is 1. The largest absolute Gasteiger partial charge is 0.444 e. The molecule has 0 aromatic heterocycles. The van der Waals surface area contributed by atoms with Gasteiger partial charge in [0.2, 0.25) is 5.91 Å². The second kappa shape index (κ2) is 17.5. The molecule has 0 saturated heterocycles. The molecule has 0 heterocycles. The summed E-state index contributed by atoms with van der Waals surface area (Å²) < 4.78 is 10.7. The highest BCUT2D eigenvalue weighted by atomic mass is 127. The van der Waals surface area contributed by atoms with Crippen molar-refractivity contribution in [3.8, 4) is 5.75 Å². The number of alkyl carbamates (subject to hydrolysis) is 1. The molecule has 3 aromatic carbocycles. The van der Waals surface area contributed by atoms with Crippen LogP contribution >= 0.6 is 34.8 Å². The highest BCUT2D eigenvalue weighted by Crippen LogP contribution is 2.35. The number of fused-ring (bicyclic) bond motifs is 1. The van der Waals surface area contributed by atoms with E-state index in [1.165, 1.54) is 16.3 Å². The fourth-order valence-corrected chi connectivity index (χ4v) is 5.97. The SMILES string of the molecule is C=C(C)SC(=C(C)CC)N(Cc1ccc2ccccc2c1)/C(=C\C)CNC(=O)[C@H](Cc1ccc(OI)cc1)NC(=O)OC(C)(C)C. The van der Waals surface area contributed by atoms with E-state index in [1.807, 2.05) is 79.3 Å². The number of carbonyl (C=O) groups excluding carboxylic acids is 2. The van der Waals surface area contributed by atoms with Crippen molar-refractivity contribution in [2.75, 3.05) is 6.54 Å². The molecule has 0 bridgehead atoms. The molecule has 0 aliphatic carbocycles. The molecule has 3 aromatic rings. The Bertz CT molecular complexity index is 1580. The van der Waals surface area contributed by atoms with E-state index < -0.39 is 17.7 Å². The number of thioether (sulfide) groups is 1. The Morgan fingerprint density at radius 3 is 2.26 bits per heavy atom. The molecule has 46 heavy (non-hydrogen) atoms. The zero-order valence-corrected chi connectivity index (χ0v) is 30.9. The number of halogens is 1. The van der Waals surface area contributed by atoms with Crippen molar-refractivity contribution in [1.29, 1.82) is 0 Å². The first-order chi connectivity index (χ1) is 21.8. The van der Waals surface area contributed by atoms with Crippen LogP contribution in [0.15, 0.2) is 101 Å². The lowest BCUT2D eigenvalue weighted by molar-refractivity contribution is -0.123. The number of rotatable bonds is 14. The molecule has 0 spiro atoms. The van der Waals surface area contributed by atoms with Crippen molar-refractivity contribution in [3.63, 3.8) is 0 Å². The fraction of sp³-hybridized carbons (Fsp3) is 0.351. The summed E-state index contributed by atoms with van der Waals surface area (Å²) in [6.45, 7) is 18.7. The van der Waals surface area contributed by atoms with Crippen LogP contribution in [0.5, 0.6) is 5.75 Å². The van der Waals surface area contributed by atoms with Gasteiger partial charge in [-0.1, -0.05) is 79.9 Å². The number of amides is 2. The van der Waals surface area contributed by atoms with Crippen molar-refractivity contribution >= 4 is 57.5 Å². The molecular weight excluding hydrogens is 709 g/mol. The number of benzene rings is 3. The Balaban J connectivity index is 1.91. The molecule has 0 radical (unpaired) electrons. The Morgan fingerprint density at radius 2 is 1.67 bits per heavy atom. The minimum Gasteiger partial charge on any atom is -0.444 e. The van der Waals surface area contributed by atoms with Gasteiger partial charge in [-0.2, -0.15) is 0 Å². The van der Waals surface area contributed by atoms with Gasteiger partial charge in [0.25, 0.3) is 0 Å². The number of nitrogens with one attached hydrogen (secondary N) is 2. The Labute approximate surface area is 292 Å². The zero-order chi connectivity index (χ0) is 33.9. The van der Waals surface area contributed by atoms with Gasteiger partial charge >= 0.3 is 6.09 Å². The van der Waals surface area contributed by atoms with Crippen molar-refractivity contribution < 1.29 is 17.4 Å². The van der Waals surface area contributed by atoms with Crippen molar-refractivity contribution in [1.82, 2.24) is 15.5 Å². The third-order valence-electron chi connectivity index (χ3n) is 7.15. The van der Waals surface area contributed by atoms with Gasteiger partial charge in [-0.15, -0.1) is 0 Å². The van der Waals surface area contributed by atoms with E-state index in [2.05, 4.69) is 66.3 Å². The topological polar surface area (TPSA) is 79.9 Å². The van der Waals surface area contributed by atoms with Crippen LogP contribution in [0.2, 0.25) is 0 Å². The molecule has 9 heteroatoms. The van der Waals surface area contributed by atoms with Gasteiger partial charge in [0, 0.05) is 18.7 Å². The van der Waals surface area contributed by atoms with Crippen LogP contribution in [-0.4, -0.2) is 35.1 Å². The zero-order valence-electron chi connectivity index (χ0n) is 27.9. The second-order valence-corrected chi connectivity index (χ2v) is 13.9. The molecule has 7 nitrogen and oxygen atoms in total. The minimum absolute atomic E-state index is 0.258. The van der Waals surface area contributed by atoms with E-state index >= 15 is 0 Å². The fourth-order valence-electron chi connectivity index (χ4n) is 4.74. The molecule has 0 aliphatic rings. The summed E-state index contributed by atoms with van der Waals surface area (Å²) in [5, 5.41) is 9.35. The summed E-state index contributed by atoms with van der Waals surface area (Å²) in [4.78, 5) is 29.8. The first kappa shape index (κ1) is 37.0. The summed E-state index contributed by atoms with van der Waals surface area (Å²) in [5.74, 6) is 0.393. The molecule has 0 unspecified atom stereocenters. The standard InChI is InChI=1S/C37H46IN3O4S/c1-9-26(5)35(46-25(3)4)41(24-28-15-18-29-13-11-12-14-30(29)21-28)31(10-2)23-39-34(42)33(40-36(43)44-37(6,7)8)22-27-16-19-32(45-38)20-17-27/h10-21,33H,3,9,22-24H2,1-2,4-8H3,(H,39,42)(H,40,43)/b31-10-,35-26?/t33-/m0/s1. The molecule has 1 atom stereocenters. The molecule has 0 aliphatic heterocycles.